The second kappa shape index (κ2) is 9.77. The van der Waals surface area contributed by atoms with Crippen LogP contribution in [0.3, 0.4) is 0 Å². The Morgan fingerprint density at radius 1 is 1.19 bits per heavy atom. The number of rotatable bonds is 9. The van der Waals surface area contributed by atoms with Gasteiger partial charge < -0.3 is 14.6 Å². The van der Waals surface area contributed by atoms with Crippen LogP contribution >= 0.6 is 0 Å². The molecule has 1 atom stereocenters. The van der Waals surface area contributed by atoms with Gasteiger partial charge in [-0.15, -0.1) is 0 Å². The number of nitrogens with zero attached hydrogens (tertiary/aromatic N) is 2. The van der Waals surface area contributed by atoms with Gasteiger partial charge in [-0.3, -0.25) is 14.5 Å². The fraction of sp³-hybridized carbons (Fsp3) is 0.400. The second-order valence-electron chi connectivity index (χ2n) is 5.98. The van der Waals surface area contributed by atoms with Crippen LogP contribution in [0.1, 0.15) is 25.5 Å². The first-order chi connectivity index (χ1) is 12.6. The Labute approximate surface area is 154 Å². The van der Waals surface area contributed by atoms with Crippen molar-refractivity contribution in [1.29, 1.82) is 0 Å². The van der Waals surface area contributed by atoms with Gasteiger partial charge >= 0.3 is 0 Å². The quantitative estimate of drug-likeness (QED) is 0.746. The molecule has 0 bridgehead atoms. The molecule has 2 aromatic rings. The fourth-order valence-electron chi connectivity index (χ4n) is 2.98. The lowest BCUT2D eigenvalue weighted by molar-refractivity contribution is -0.122. The summed E-state index contributed by atoms with van der Waals surface area (Å²) in [4.78, 5) is 26.3. The molecule has 1 heterocycles. The molecule has 0 fully saturated rings. The molecule has 0 radical (unpaired) electrons. The van der Waals surface area contributed by atoms with E-state index in [0.717, 1.165) is 24.4 Å². The summed E-state index contributed by atoms with van der Waals surface area (Å²) in [6, 6.07) is 12.8. The number of nitrogens with one attached hydrogen (secondary N) is 1. The average Bonchev–Trinajstić information content (AvgIpc) is 2.67. The zero-order chi connectivity index (χ0) is 18.9. The summed E-state index contributed by atoms with van der Waals surface area (Å²) in [7, 11) is 1.64. The van der Waals surface area contributed by atoms with E-state index in [0.29, 0.717) is 6.54 Å². The van der Waals surface area contributed by atoms with Gasteiger partial charge in [0.05, 0.1) is 13.2 Å². The normalized spacial score (nSPS) is 12.0. The van der Waals surface area contributed by atoms with Crippen LogP contribution in [0.4, 0.5) is 0 Å². The monoisotopic (exact) mass is 357 g/mol. The van der Waals surface area contributed by atoms with Crippen LogP contribution in [0.5, 0.6) is 5.75 Å². The Hall–Kier alpha value is -2.60. The summed E-state index contributed by atoms with van der Waals surface area (Å²) in [6.45, 7) is 6.42. The molecule has 1 aromatic carbocycles. The molecule has 6 heteroatoms. The number of carbonyl (C=O) groups is 1. The Balaban J connectivity index is 2.10. The molecular formula is C20H27N3O3. The van der Waals surface area contributed by atoms with Crippen molar-refractivity contribution in [2.24, 2.45) is 0 Å². The van der Waals surface area contributed by atoms with Crippen LogP contribution in [0.15, 0.2) is 53.5 Å². The Bertz CT molecular complexity index is 769. The van der Waals surface area contributed by atoms with E-state index in [1.54, 1.807) is 25.4 Å². The highest BCUT2D eigenvalue weighted by atomic mass is 16.5. The first-order valence-electron chi connectivity index (χ1n) is 8.89. The van der Waals surface area contributed by atoms with E-state index in [2.05, 4.69) is 24.1 Å². The third kappa shape index (κ3) is 5.20. The zero-order valence-electron chi connectivity index (χ0n) is 15.6. The molecule has 0 aliphatic rings. The highest BCUT2D eigenvalue weighted by Crippen LogP contribution is 2.23. The number of pyridine rings is 1. The second-order valence-corrected chi connectivity index (χ2v) is 5.98. The lowest BCUT2D eigenvalue weighted by Crippen LogP contribution is -2.40. The van der Waals surface area contributed by atoms with Crippen LogP contribution < -0.4 is 15.6 Å². The third-order valence-corrected chi connectivity index (χ3v) is 4.44. The van der Waals surface area contributed by atoms with Crippen molar-refractivity contribution in [3.8, 4) is 5.75 Å². The topological polar surface area (TPSA) is 63.6 Å². The summed E-state index contributed by atoms with van der Waals surface area (Å²) in [5.41, 5.74) is 0.904. The van der Waals surface area contributed by atoms with E-state index in [1.807, 2.05) is 24.3 Å². The number of carbonyl (C=O) groups excluding carboxylic acids is 1. The molecule has 2 rings (SSSR count). The molecule has 0 spiro atoms. The molecule has 140 valence electrons. The molecule has 0 unspecified atom stereocenters. The van der Waals surface area contributed by atoms with Gasteiger partial charge in [0.1, 0.15) is 12.3 Å². The minimum absolute atomic E-state index is 0.0166. The predicted molar refractivity (Wildman–Crippen MR) is 102 cm³/mol. The Morgan fingerprint density at radius 2 is 1.96 bits per heavy atom. The van der Waals surface area contributed by atoms with Gasteiger partial charge in [-0.2, -0.15) is 0 Å². The van der Waals surface area contributed by atoms with Crippen molar-refractivity contribution in [2.45, 2.75) is 26.4 Å². The van der Waals surface area contributed by atoms with Gasteiger partial charge in [0.25, 0.3) is 5.56 Å². The lowest BCUT2D eigenvalue weighted by Gasteiger charge is -2.30. The molecule has 26 heavy (non-hydrogen) atoms. The van der Waals surface area contributed by atoms with Crippen molar-refractivity contribution < 1.29 is 9.53 Å². The number of ether oxygens (including phenoxy) is 1. The van der Waals surface area contributed by atoms with E-state index in [1.165, 1.54) is 10.6 Å². The van der Waals surface area contributed by atoms with Gasteiger partial charge in [-0.1, -0.05) is 32.0 Å². The maximum Gasteiger partial charge on any atom is 0.250 e. The summed E-state index contributed by atoms with van der Waals surface area (Å²) >= 11 is 0. The highest BCUT2D eigenvalue weighted by Gasteiger charge is 2.19. The van der Waals surface area contributed by atoms with E-state index < -0.39 is 0 Å². The number of aromatic nitrogens is 1. The molecule has 0 saturated carbocycles. The first-order valence-corrected chi connectivity index (χ1v) is 8.89. The number of amides is 1. The van der Waals surface area contributed by atoms with E-state index in [9.17, 15) is 9.59 Å². The number of benzene rings is 1. The number of methoxy groups -OCH3 is 1. The van der Waals surface area contributed by atoms with Crippen LogP contribution in [0.2, 0.25) is 0 Å². The van der Waals surface area contributed by atoms with Crippen LogP contribution in [0.25, 0.3) is 0 Å². The SMILES string of the molecule is CCN(CC)[C@@H](CNC(=O)Cn1ccccc1=O)c1cccc(OC)c1. The summed E-state index contributed by atoms with van der Waals surface area (Å²) in [5.74, 6) is 0.611. The molecule has 1 aromatic heterocycles. The number of hydrogen-bond acceptors (Lipinski definition) is 4. The number of likely N-dealkylation sites (N-methyl/N-ethyl adjacent to an activating group) is 1. The summed E-state index contributed by atoms with van der Waals surface area (Å²) in [5, 5.41) is 2.96. The zero-order valence-corrected chi connectivity index (χ0v) is 15.6. The van der Waals surface area contributed by atoms with Gasteiger partial charge in [0, 0.05) is 18.8 Å². The first kappa shape index (κ1) is 19.7. The predicted octanol–water partition coefficient (Wildman–Crippen LogP) is 2.06. The largest absolute Gasteiger partial charge is 0.497 e. The van der Waals surface area contributed by atoms with Gasteiger partial charge in [-0.25, -0.2) is 0 Å². The molecule has 6 nitrogen and oxygen atoms in total. The maximum absolute atomic E-state index is 12.3. The molecule has 0 saturated heterocycles. The van der Waals surface area contributed by atoms with Crippen LogP contribution in [-0.2, 0) is 11.3 Å². The highest BCUT2D eigenvalue weighted by molar-refractivity contribution is 5.75. The van der Waals surface area contributed by atoms with Gasteiger partial charge in [0.2, 0.25) is 5.91 Å². The minimum Gasteiger partial charge on any atom is -0.497 e. The van der Waals surface area contributed by atoms with Crippen molar-refractivity contribution in [1.82, 2.24) is 14.8 Å². The number of hydrogen-bond donors (Lipinski definition) is 1. The Kier molecular flexibility index (Phi) is 7.41. The Morgan fingerprint density at radius 3 is 2.62 bits per heavy atom. The van der Waals surface area contributed by atoms with E-state index in [-0.39, 0.29) is 24.1 Å². The molecule has 1 N–H and O–H groups in total. The van der Waals surface area contributed by atoms with E-state index in [4.69, 9.17) is 4.74 Å². The van der Waals surface area contributed by atoms with Crippen molar-refractivity contribution in [3.63, 3.8) is 0 Å². The van der Waals surface area contributed by atoms with Crippen molar-refractivity contribution >= 4 is 5.91 Å². The minimum atomic E-state index is -0.185. The standard InChI is InChI=1S/C20H27N3O3/c1-4-22(5-2)18(16-9-8-10-17(13-16)26-3)14-21-19(24)15-23-12-7-6-11-20(23)25/h6-13,18H,4-5,14-15H2,1-3H3,(H,21,24)/t18-/m0/s1. The molecule has 1 amide bonds. The summed E-state index contributed by atoms with van der Waals surface area (Å²) < 4.78 is 6.72. The van der Waals surface area contributed by atoms with Gasteiger partial charge in [0.15, 0.2) is 0 Å². The lowest BCUT2D eigenvalue weighted by atomic mass is 10.0. The van der Waals surface area contributed by atoms with E-state index >= 15 is 0 Å². The molecule has 0 aliphatic carbocycles. The van der Waals surface area contributed by atoms with Crippen molar-refractivity contribution in [3.05, 3.63) is 64.6 Å². The smallest absolute Gasteiger partial charge is 0.250 e. The third-order valence-electron chi connectivity index (χ3n) is 4.44. The van der Waals surface area contributed by atoms with Crippen molar-refractivity contribution in [2.75, 3.05) is 26.7 Å². The average molecular weight is 357 g/mol. The fourth-order valence-corrected chi connectivity index (χ4v) is 2.98. The molecule has 0 aliphatic heterocycles. The van der Waals surface area contributed by atoms with Crippen LogP contribution in [0, 0.1) is 0 Å². The maximum atomic E-state index is 12.3. The van der Waals surface area contributed by atoms with Gasteiger partial charge in [-0.05, 0) is 36.9 Å². The summed E-state index contributed by atoms with van der Waals surface area (Å²) in [6.07, 6.45) is 1.62. The van der Waals surface area contributed by atoms with Crippen LogP contribution in [-0.4, -0.2) is 42.1 Å². The molecular weight excluding hydrogens is 330 g/mol.